The van der Waals surface area contributed by atoms with Gasteiger partial charge in [-0.2, -0.15) is 0 Å². The summed E-state index contributed by atoms with van der Waals surface area (Å²) < 4.78 is 5.56. The number of nitro benzene ring substituents is 1. The number of ether oxygens (including phenoxy) is 1. The van der Waals surface area contributed by atoms with Gasteiger partial charge in [-0.25, -0.2) is 4.98 Å². The van der Waals surface area contributed by atoms with Crippen molar-refractivity contribution in [1.82, 2.24) is 4.98 Å². The van der Waals surface area contributed by atoms with Crippen LogP contribution in [0.25, 0.3) is 11.3 Å². The molecule has 0 aliphatic rings. The molecule has 1 aromatic heterocycles. The van der Waals surface area contributed by atoms with Crippen LogP contribution in [-0.2, 0) is 0 Å². The van der Waals surface area contributed by atoms with Crippen molar-refractivity contribution in [1.29, 1.82) is 0 Å². The second-order valence-corrected chi connectivity index (χ2v) is 6.85. The van der Waals surface area contributed by atoms with Crippen molar-refractivity contribution in [2.24, 2.45) is 0 Å². The molecule has 1 N–H and O–H groups in total. The first-order valence-corrected chi connectivity index (χ1v) is 9.09. The quantitative estimate of drug-likeness (QED) is 0.489. The second kappa shape index (κ2) is 7.96. The molecule has 0 atom stereocenters. The largest absolute Gasteiger partial charge is 0.491 e. The number of hydrogen-bond acceptors (Lipinski definition) is 6. The van der Waals surface area contributed by atoms with E-state index in [0.29, 0.717) is 22.1 Å². The summed E-state index contributed by atoms with van der Waals surface area (Å²) in [5.41, 5.74) is 1.91. The zero-order valence-corrected chi connectivity index (χ0v) is 15.5. The summed E-state index contributed by atoms with van der Waals surface area (Å²) in [6.07, 6.45) is 0.0674. The molecule has 8 heteroatoms. The third-order valence-electron chi connectivity index (χ3n) is 3.59. The summed E-state index contributed by atoms with van der Waals surface area (Å²) in [6, 6.07) is 13.0. The van der Waals surface area contributed by atoms with Gasteiger partial charge in [0.15, 0.2) is 5.13 Å². The first-order valence-electron chi connectivity index (χ1n) is 8.21. The van der Waals surface area contributed by atoms with Crippen molar-refractivity contribution in [3.63, 3.8) is 0 Å². The van der Waals surface area contributed by atoms with E-state index in [1.54, 1.807) is 41.8 Å². The molecule has 3 aromatic rings. The minimum Gasteiger partial charge on any atom is -0.491 e. The van der Waals surface area contributed by atoms with Gasteiger partial charge in [-0.05, 0) is 50.2 Å². The molecule has 0 spiro atoms. The molecule has 0 saturated heterocycles. The molecule has 2 aromatic carbocycles. The number of benzene rings is 2. The maximum absolute atomic E-state index is 12.4. The smallest absolute Gasteiger partial charge is 0.269 e. The van der Waals surface area contributed by atoms with Crippen LogP contribution in [0.3, 0.4) is 0 Å². The summed E-state index contributed by atoms with van der Waals surface area (Å²) in [7, 11) is 0. The van der Waals surface area contributed by atoms with E-state index in [0.717, 1.165) is 5.56 Å². The van der Waals surface area contributed by atoms with Crippen LogP contribution in [-0.4, -0.2) is 21.9 Å². The first-order chi connectivity index (χ1) is 12.9. The van der Waals surface area contributed by atoms with E-state index in [1.165, 1.54) is 23.5 Å². The molecule has 138 valence electrons. The normalized spacial score (nSPS) is 10.6. The van der Waals surface area contributed by atoms with Crippen LogP contribution in [0.5, 0.6) is 5.75 Å². The fourth-order valence-electron chi connectivity index (χ4n) is 2.34. The van der Waals surface area contributed by atoms with Crippen LogP contribution in [0.15, 0.2) is 53.9 Å². The van der Waals surface area contributed by atoms with E-state index in [4.69, 9.17) is 4.74 Å². The van der Waals surface area contributed by atoms with Crippen molar-refractivity contribution in [3.05, 3.63) is 69.6 Å². The van der Waals surface area contributed by atoms with Gasteiger partial charge >= 0.3 is 0 Å². The third-order valence-corrected chi connectivity index (χ3v) is 4.34. The van der Waals surface area contributed by atoms with Crippen LogP contribution < -0.4 is 10.1 Å². The van der Waals surface area contributed by atoms with E-state index in [1.807, 2.05) is 13.8 Å². The topological polar surface area (TPSA) is 94.4 Å². The fourth-order valence-corrected chi connectivity index (χ4v) is 3.06. The maximum Gasteiger partial charge on any atom is 0.269 e. The molecule has 0 fully saturated rings. The van der Waals surface area contributed by atoms with Crippen LogP contribution in [0.1, 0.15) is 24.2 Å². The van der Waals surface area contributed by atoms with Gasteiger partial charge in [-0.3, -0.25) is 20.2 Å². The highest BCUT2D eigenvalue weighted by Crippen LogP contribution is 2.27. The number of non-ortho nitro benzene ring substituents is 1. The van der Waals surface area contributed by atoms with Crippen LogP contribution in [0.4, 0.5) is 10.8 Å². The molecule has 27 heavy (non-hydrogen) atoms. The number of rotatable bonds is 6. The predicted octanol–water partition coefficient (Wildman–Crippen LogP) is 4.76. The number of anilines is 1. The van der Waals surface area contributed by atoms with Gasteiger partial charge in [0.1, 0.15) is 5.75 Å². The molecule has 0 aliphatic carbocycles. The number of amides is 1. The molecule has 1 amide bonds. The monoisotopic (exact) mass is 383 g/mol. The molecular weight excluding hydrogens is 366 g/mol. The molecule has 0 saturated carbocycles. The lowest BCUT2D eigenvalue weighted by atomic mass is 10.1. The van der Waals surface area contributed by atoms with Gasteiger partial charge < -0.3 is 4.74 Å². The lowest BCUT2D eigenvalue weighted by Gasteiger charge is -2.09. The molecule has 1 heterocycles. The maximum atomic E-state index is 12.4. The number of aromatic nitrogens is 1. The van der Waals surface area contributed by atoms with Crippen molar-refractivity contribution >= 4 is 28.1 Å². The Hall–Kier alpha value is -3.26. The van der Waals surface area contributed by atoms with Crippen molar-refractivity contribution in [2.75, 3.05) is 5.32 Å². The zero-order chi connectivity index (χ0) is 19.4. The van der Waals surface area contributed by atoms with Crippen LogP contribution in [0.2, 0.25) is 0 Å². The highest BCUT2D eigenvalue weighted by Gasteiger charge is 2.12. The van der Waals surface area contributed by atoms with Gasteiger partial charge in [-0.15, -0.1) is 11.3 Å². The molecular formula is C19H17N3O4S. The van der Waals surface area contributed by atoms with Gasteiger partial charge in [0.25, 0.3) is 11.6 Å². The Balaban J connectivity index is 1.68. The minimum atomic E-state index is -0.450. The molecule has 7 nitrogen and oxygen atoms in total. The molecule has 3 rings (SSSR count). The molecule has 0 aliphatic heterocycles. The highest BCUT2D eigenvalue weighted by molar-refractivity contribution is 7.14. The number of carbonyl (C=O) groups excluding carboxylic acids is 1. The van der Waals surface area contributed by atoms with E-state index in [9.17, 15) is 14.9 Å². The summed E-state index contributed by atoms with van der Waals surface area (Å²) >= 11 is 1.29. The number of thiazole rings is 1. The Morgan fingerprint density at radius 3 is 2.41 bits per heavy atom. The Bertz CT molecular complexity index is 950. The van der Waals surface area contributed by atoms with E-state index in [-0.39, 0.29) is 17.7 Å². The van der Waals surface area contributed by atoms with E-state index < -0.39 is 4.92 Å². The molecule has 0 radical (unpaired) electrons. The Labute approximate surface area is 159 Å². The van der Waals surface area contributed by atoms with Crippen LogP contribution in [0, 0.1) is 10.1 Å². The summed E-state index contributed by atoms with van der Waals surface area (Å²) in [4.78, 5) is 27.0. The Morgan fingerprint density at radius 2 is 1.81 bits per heavy atom. The highest BCUT2D eigenvalue weighted by atomic mass is 32.1. The molecule has 0 bridgehead atoms. The van der Waals surface area contributed by atoms with Crippen molar-refractivity contribution in [2.45, 2.75) is 20.0 Å². The zero-order valence-electron chi connectivity index (χ0n) is 14.7. The number of carbonyl (C=O) groups is 1. The lowest BCUT2D eigenvalue weighted by molar-refractivity contribution is -0.384. The average Bonchev–Trinajstić information content (AvgIpc) is 3.10. The van der Waals surface area contributed by atoms with E-state index in [2.05, 4.69) is 10.3 Å². The minimum absolute atomic E-state index is 0.0207. The summed E-state index contributed by atoms with van der Waals surface area (Å²) in [5.74, 6) is 0.437. The number of nitrogens with one attached hydrogen (secondary N) is 1. The van der Waals surface area contributed by atoms with Gasteiger partial charge in [0.05, 0.1) is 16.7 Å². The van der Waals surface area contributed by atoms with Gasteiger partial charge in [0, 0.05) is 28.6 Å². The third kappa shape index (κ3) is 4.68. The average molecular weight is 383 g/mol. The van der Waals surface area contributed by atoms with Crippen molar-refractivity contribution < 1.29 is 14.5 Å². The summed E-state index contributed by atoms with van der Waals surface area (Å²) in [6.45, 7) is 3.87. The number of nitro groups is 1. The fraction of sp³-hybridized carbons (Fsp3) is 0.158. The SMILES string of the molecule is CC(C)Oc1ccc(C(=O)Nc2nc(-c3ccc([N+](=O)[O-])cc3)cs2)cc1. The Morgan fingerprint density at radius 1 is 1.15 bits per heavy atom. The van der Waals surface area contributed by atoms with Gasteiger partial charge in [0.2, 0.25) is 0 Å². The number of nitrogens with zero attached hydrogens (tertiary/aromatic N) is 2. The number of hydrogen-bond donors (Lipinski definition) is 1. The standard InChI is InChI=1S/C19H17N3O4S/c1-12(2)26-16-9-5-14(6-10-16)18(23)21-19-20-17(11-27-19)13-3-7-15(8-4-13)22(24)25/h3-12H,1-2H3,(H,20,21,23). The molecule has 0 unspecified atom stereocenters. The van der Waals surface area contributed by atoms with E-state index >= 15 is 0 Å². The lowest BCUT2D eigenvalue weighted by Crippen LogP contribution is -2.12. The van der Waals surface area contributed by atoms with Crippen LogP contribution >= 0.6 is 11.3 Å². The predicted molar refractivity (Wildman–Crippen MR) is 104 cm³/mol. The van der Waals surface area contributed by atoms with Gasteiger partial charge in [-0.1, -0.05) is 0 Å². The summed E-state index contributed by atoms with van der Waals surface area (Å²) in [5, 5.41) is 15.7. The first kappa shape index (κ1) is 18.5. The second-order valence-electron chi connectivity index (χ2n) is 5.99. The Kier molecular flexibility index (Phi) is 5.46. The van der Waals surface area contributed by atoms with Crippen molar-refractivity contribution in [3.8, 4) is 17.0 Å².